The van der Waals surface area contributed by atoms with Gasteiger partial charge < -0.3 is 5.32 Å². The number of amides is 1. The minimum absolute atomic E-state index is 0.183. The third kappa shape index (κ3) is 6.18. The van der Waals surface area contributed by atoms with Crippen molar-refractivity contribution < 1.29 is 4.79 Å². The second-order valence-corrected chi connectivity index (χ2v) is 5.32. The van der Waals surface area contributed by atoms with Gasteiger partial charge in [-0.1, -0.05) is 48.5 Å². The zero-order valence-electron chi connectivity index (χ0n) is 13.4. The van der Waals surface area contributed by atoms with Crippen LogP contribution < -0.4 is 10.7 Å². The summed E-state index contributed by atoms with van der Waals surface area (Å²) in [5, 5.41) is 7.03. The first-order chi connectivity index (χ1) is 11.1. The molecule has 0 radical (unpaired) electrons. The summed E-state index contributed by atoms with van der Waals surface area (Å²) in [7, 11) is 0. The summed E-state index contributed by atoms with van der Waals surface area (Å²) in [6, 6.07) is 17.8. The Morgan fingerprint density at radius 3 is 2.65 bits per heavy atom. The zero-order chi connectivity index (χ0) is 16.5. The summed E-state index contributed by atoms with van der Waals surface area (Å²) >= 11 is 0. The van der Waals surface area contributed by atoms with Gasteiger partial charge in [0.05, 0.1) is 12.8 Å². The van der Waals surface area contributed by atoms with Crippen LogP contribution in [0.3, 0.4) is 0 Å². The highest BCUT2D eigenvalue weighted by Crippen LogP contribution is 2.08. The summed E-state index contributed by atoms with van der Waals surface area (Å²) in [5.74, 6) is -0.185. The first-order valence-electron chi connectivity index (χ1n) is 7.49. The molecule has 0 unspecified atom stereocenters. The summed E-state index contributed by atoms with van der Waals surface area (Å²) < 4.78 is 0. The number of hydrazone groups is 1. The Balaban J connectivity index is 1.78. The molecule has 4 heteroatoms. The van der Waals surface area contributed by atoms with Gasteiger partial charge in [0, 0.05) is 5.69 Å². The van der Waals surface area contributed by atoms with Crippen molar-refractivity contribution in [2.45, 2.75) is 13.8 Å². The average molecular weight is 307 g/mol. The summed E-state index contributed by atoms with van der Waals surface area (Å²) in [6.07, 6.45) is 3.64. The van der Waals surface area contributed by atoms with Crippen molar-refractivity contribution in [3.05, 3.63) is 71.3 Å². The van der Waals surface area contributed by atoms with Gasteiger partial charge in [0.1, 0.15) is 0 Å². The molecule has 2 aromatic rings. The van der Waals surface area contributed by atoms with Crippen LogP contribution in [0, 0.1) is 6.92 Å². The molecule has 0 spiro atoms. The maximum absolute atomic E-state index is 11.7. The quantitative estimate of drug-likeness (QED) is 0.632. The first kappa shape index (κ1) is 16.5. The average Bonchev–Trinajstić information content (AvgIpc) is 2.54. The number of hydrogen-bond donors (Lipinski definition) is 2. The molecule has 1 amide bonds. The van der Waals surface area contributed by atoms with Crippen molar-refractivity contribution in [2.75, 3.05) is 11.9 Å². The Hall–Kier alpha value is -2.88. The predicted octanol–water partition coefficient (Wildman–Crippen LogP) is 3.61. The zero-order valence-corrected chi connectivity index (χ0v) is 13.4. The van der Waals surface area contributed by atoms with Gasteiger partial charge in [0.25, 0.3) is 5.91 Å². The van der Waals surface area contributed by atoms with Crippen LogP contribution in [-0.2, 0) is 4.79 Å². The molecule has 0 aliphatic rings. The molecule has 118 valence electrons. The van der Waals surface area contributed by atoms with Crippen LogP contribution in [0.5, 0.6) is 0 Å². The highest BCUT2D eigenvalue weighted by molar-refractivity contribution is 5.87. The monoisotopic (exact) mass is 307 g/mol. The fourth-order valence-corrected chi connectivity index (χ4v) is 2.03. The van der Waals surface area contributed by atoms with E-state index in [4.69, 9.17) is 0 Å². The molecule has 0 saturated heterocycles. The highest BCUT2D eigenvalue weighted by atomic mass is 16.2. The molecule has 23 heavy (non-hydrogen) atoms. The van der Waals surface area contributed by atoms with E-state index in [1.54, 1.807) is 6.21 Å². The molecular weight excluding hydrogens is 286 g/mol. The maximum Gasteiger partial charge on any atom is 0.259 e. The summed E-state index contributed by atoms with van der Waals surface area (Å²) in [6.45, 7) is 4.13. The van der Waals surface area contributed by atoms with E-state index < -0.39 is 0 Å². The number of allylic oxidation sites excluding steroid dienone is 1. The van der Waals surface area contributed by atoms with Gasteiger partial charge in [-0.2, -0.15) is 5.10 Å². The number of anilines is 1. The minimum atomic E-state index is -0.185. The van der Waals surface area contributed by atoms with E-state index in [-0.39, 0.29) is 12.5 Å². The van der Waals surface area contributed by atoms with Crippen LogP contribution in [0.25, 0.3) is 6.08 Å². The maximum atomic E-state index is 11.7. The SMILES string of the molecule is CC(/C=N/NC(=O)CNc1cccc(C)c1)=C\c1ccccc1. The van der Waals surface area contributed by atoms with Gasteiger partial charge in [-0.05, 0) is 42.7 Å². The van der Waals surface area contributed by atoms with Crippen molar-refractivity contribution in [2.24, 2.45) is 5.10 Å². The molecule has 0 saturated carbocycles. The number of nitrogens with zero attached hydrogens (tertiary/aromatic N) is 1. The second-order valence-electron chi connectivity index (χ2n) is 5.32. The van der Waals surface area contributed by atoms with Gasteiger partial charge in [0.2, 0.25) is 0 Å². The number of aryl methyl sites for hydroxylation is 1. The fraction of sp³-hybridized carbons (Fsp3) is 0.158. The molecule has 0 fully saturated rings. The number of rotatable bonds is 6. The minimum Gasteiger partial charge on any atom is -0.376 e. The van der Waals surface area contributed by atoms with Gasteiger partial charge in [-0.15, -0.1) is 0 Å². The molecule has 0 bridgehead atoms. The molecule has 4 nitrogen and oxygen atoms in total. The first-order valence-corrected chi connectivity index (χ1v) is 7.49. The van der Waals surface area contributed by atoms with Crippen LogP contribution in [0.15, 0.2) is 65.3 Å². The Morgan fingerprint density at radius 1 is 1.13 bits per heavy atom. The van der Waals surface area contributed by atoms with Crippen LogP contribution in [-0.4, -0.2) is 18.7 Å². The Kier molecular flexibility index (Phi) is 6.12. The third-order valence-electron chi connectivity index (χ3n) is 3.12. The molecular formula is C19H21N3O. The Labute approximate surface area is 136 Å². The van der Waals surface area contributed by atoms with Gasteiger partial charge >= 0.3 is 0 Å². The lowest BCUT2D eigenvalue weighted by Gasteiger charge is -2.05. The number of carbonyl (C=O) groups excluding carboxylic acids is 1. The molecule has 0 atom stereocenters. The van der Waals surface area contributed by atoms with Crippen molar-refractivity contribution in [3.63, 3.8) is 0 Å². The standard InChI is InChI=1S/C19H21N3O/c1-15-7-6-10-18(12-15)20-14-19(23)22-21-13-16(2)11-17-8-4-3-5-9-17/h3-13,20H,14H2,1-2H3,(H,22,23)/b16-11+,21-13+. The van der Waals surface area contributed by atoms with Gasteiger partial charge in [-0.3, -0.25) is 4.79 Å². The predicted molar refractivity (Wildman–Crippen MR) is 96.4 cm³/mol. The highest BCUT2D eigenvalue weighted by Gasteiger charge is 1.99. The van der Waals surface area contributed by atoms with Crippen LogP contribution in [0.1, 0.15) is 18.1 Å². The summed E-state index contributed by atoms with van der Waals surface area (Å²) in [5.41, 5.74) is 6.64. The van der Waals surface area contributed by atoms with Crippen molar-refractivity contribution in [3.8, 4) is 0 Å². The van der Waals surface area contributed by atoms with E-state index in [9.17, 15) is 4.79 Å². The number of benzene rings is 2. The van der Waals surface area contributed by atoms with E-state index in [2.05, 4.69) is 15.8 Å². The second kappa shape index (κ2) is 8.54. The lowest BCUT2D eigenvalue weighted by Crippen LogP contribution is -2.25. The smallest absolute Gasteiger partial charge is 0.259 e. The number of carbonyl (C=O) groups is 1. The third-order valence-corrected chi connectivity index (χ3v) is 3.12. The molecule has 2 aromatic carbocycles. The molecule has 2 rings (SSSR count). The molecule has 0 aliphatic heterocycles. The molecule has 0 heterocycles. The van der Waals surface area contributed by atoms with Crippen LogP contribution >= 0.6 is 0 Å². The lowest BCUT2D eigenvalue weighted by atomic mass is 10.1. The van der Waals surface area contributed by atoms with E-state index in [1.807, 2.05) is 74.5 Å². The largest absolute Gasteiger partial charge is 0.376 e. The molecule has 2 N–H and O–H groups in total. The Bertz CT molecular complexity index is 706. The topological polar surface area (TPSA) is 53.5 Å². The summed E-state index contributed by atoms with van der Waals surface area (Å²) in [4.78, 5) is 11.7. The van der Waals surface area contributed by atoms with E-state index in [0.29, 0.717) is 0 Å². The van der Waals surface area contributed by atoms with Gasteiger partial charge in [0.15, 0.2) is 0 Å². The van der Waals surface area contributed by atoms with Crippen LogP contribution in [0.2, 0.25) is 0 Å². The number of hydrogen-bond acceptors (Lipinski definition) is 3. The lowest BCUT2D eigenvalue weighted by molar-refractivity contribution is -0.119. The van der Waals surface area contributed by atoms with Gasteiger partial charge in [-0.25, -0.2) is 5.43 Å². The van der Waals surface area contributed by atoms with E-state index in [0.717, 1.165) is 22.4 Å². The van der Waals surface area contributed by atoms with E-state index >= 15 is 0 Å². The van der Waals surface area contributed by atoms with Crippen molar-refractivity contribution >= 4 is 23.9 Å². The fourth-order valence-electron chi connectivity index (χ4n) is 2.03. The van der Waals surface area contributed by atoms with Crippen molar-refractivity contribution in [1.29, 1.82) is 0 Å². The van der Waals surface area contributed by atoms with Crippen LogP contribution in [0.4, 0.5) is 5.69 Å². The molecule has 0 aliphatic carbocycles. The number of nitrogens with one attached hydrogen (secondary N) is 2. The van der Waals surface area contributed by atoms with Crippen molar-refractivity contribution in [1.82, 2.24) is 5.43 Å². The Morgan fingerprint density at radius 2 is 1.91 bits per heavy atom. The van der Waals surface area contributed by atoms with E-state index in [1.165, 1.54) is 0 Å². The molecule has 0 aromatic heterocycles. The normalized spacial score (nSPS) is 11.5.